The number of fused-ring (bicyclic) bond motifs is 3. The van der Waals surface area contributed by atoms with E-state index in [9.17, 15) is 14.4 Å². The molecule has 3 heterocycles. The maximum atomic E-state index is 13.4. The van der Waals surface area contributed by atoms with E-state index in [1.54, 1.807) is 10.5 Å². The lowest BCUT2D eigenvalue weighted by Crippen LogP contribution is -2.45. The largest absolute Gasteiger partial charge is 0.444 e. The van der Waals surface area contributed by atoms with E-state index in [4.69, 9.17) is 9.47 Å². The molecule has 0 unspecified atom stereocenters. The van der Waals surface area contributed by atoms with Gasteiger partial charge in [0.2, 0.25) is 0 Å². The van der Waals surface area contributed by atoms with Crippen molar-refractivity contribution in [1.29, 1.82) is 0 Å². The zero-order valence-corrected chi connectivity index (χ0v) is 56.8. The van der Waals surface area contributed by atoms with Gasteiger partial charge in [-0.3, -0.25) is 0 Å². The molecule has 6 atom stereocenters. The zero-order chi connectivity index (χ0) is 64.6. The molecule has 11 heteroatoms. The van der Waals surface area contributed by atoms with Gasteiger partial charge in [0.15, 0.2) is 0 Å². The molecule has 3 aliphatic heterocycles. The fraction of sp³-hybridized carbons (Fsp3) is 0.524. The minimum Gasteiger partial charge on any atom is -0.444 e. The van der Waals surface area contributed by atoms with Crippen LogP contribution in [0.1, 0.15) is 189 Å². The zero-order valence-electron chi connectivity index (χ0n) is 56.8. The van der Waals surface area contributed by atoms with Crippen molar-refractivity contribution in [3.63, 3.8) is 0 Å². The Morgan fingerprint density at radius 2 is 0.935 bits per heavy atom. The second kappa shape index (κ2) is 28.9. The lowest BCUT2D eigenvalue weighted by atomic mass is 10.0. The first kappa shape index (κ1) is 65.9. The number of benzene rings is 6. The Bertz CT molecular complexity index is 3400. The number of aryl methyl sites for hydroxylation is 3. The molecule has 0 radical (unpaired) electrons. The third-order valence-corrected chi connectivity index (χ3v) is 21.0. The van der Waals surface area contributed by atoms with E-state index in [1.807, 2.05) is 59.7 Å². The van der Waals surface area contributed by atoms with Gasteiger partial charge in [-0.05, 0) is 209 Å². The number of hydrogen-bond donors (Lipinski definition) is 2. The second-order valence-electron chi connectivity index (χ2n) is 31.1. The minimum absolute atomic E-state index is 0.143. The Kier molecular flexibility index (Phi) is 20.5. The van der Waals surface area contributed by atoms with Crippen LogP contribution < -0.4 is 20.4 Å². The maximum absolute atomic E-state index is 13.4. The SMILES string of the molecule is CC(C)(C)OC(=O)N(CC1(C=O)CC1)[C@H]1C[C@@H]1c1ccccc1.CC(C)(C)OC(=O)N(CC1(CN2CCCCc3ccccc32)CC1)[C@H]1C[C@@H]1c1ccccc1.c1ccc([C@H]2C[C@@H]2NCC2(CN3CCCCc4ccccc43)CC2)cc1.c1ccc2c(c1)CCCCN2. The summed E-state index contributed by atoms with van der Waals surface area (Å²) in [6.07, 6.45) is 22.2. The van der Waals surface area contributed by atoms with Crippen LogP contribution in [0.4, 0.5) is 26.7 Å². The molecular weight excluding hydrogens is 1150 g/mol. The summed E-state index contributed by atoms with van der Waals surface area (Å²) < 4.78 is 11.5. The van der Waals surface area contributed by atoms with Crippen LogP contribution in [0.3, 0.4) is 0 Å². The molecule has 6 aromatic carbocycles. The highest BCUT2D eigenvalue weighted by atomic mass is 16.6. The number of carbonyl (C=O) groups is 3. The summed E-state index contributed by atoms with van der Waals surface area (Å²) in [7, 11) is 0. The number of ether oxygens (including phenoxy) is 2. The first-order chi connectivity index (χ1) is 45.0. The molecule has 0 spiro atoms. The lowest BCUT2D eigenvalue weighted by molar-refractivity contribution is -0.112. The van der Waals surface area contributed by atoms with Crippen molar-refractivity contribution in [1.82, 2.24) is 15.1 Å². The van der Waals surface area contributed by atoms with Gasteiger partial charge in [-0.2, -0.15) is 0 Å². The molecule has 93 heavy (non-hydrogen) atoms. The summed E-state index contributed by atoms with van der Waals surface area (Å²) in [5, 5.41) is 7.34. The minimum atomic E-state index is -0.523. The summed E-state index contributed by atoms with van der Waals surface area (Å²) in [6.45, 7) is 19.7. The molecule has 0 aromatic heterocycles. The predicted octanol–water partition coefficient (Wildman–Crippen LogP) is 17.4. The van der Waals surface area contributed by atoms with Crippen LogP contribution in [-0.4, -0.2) is 110 Å². The number of para-hydroxylation sites is 3. The van der Waals surface area contributed by atoms with Crippen molar-refractivity contribution in [3.05, 3.63) is 197 Å². The molecule has 494 valence electrons. The van der Waals surface area contributed by atoms with Crippen LogP contribution in [0, 0.1) is 16.2 Å². The fourth-order valence-corrected chi connectivity index (χ4v) is 14.8. The van der Waals surface area contributed by atoms with Gasteiger partial charge in [0, 0.05) is 122 Å². The van der Waals surface area contributed by atoms with E-state index in [-0.39, 0.29) is 35.1 Å². The molecule has 6 aromatic rings. The monoisotopic (exact) mass is 1250 g/mol. The molecule has 6 saturated carbocycles. The second-order valence-corrected chi connectivity index (χ2v) is 31.1. The van der Waals surface area contributed by atoms with Gasteiger partial charge < -0.3 is 44.5 Å². The topological polar surface area (TPSA) is 107 Å². The third kappa shape index (κ3) is 18.0. The standard InChI is InChI=1S/C29H38N2O2.C24H30N2.C19H25NO3.C10H13N/c1-28(2,3)33-27(32)31(26-19-24(26)22-11-5-4-6-12-22)21-29(16-17-29)20-30-18-10-9-14-23-13-7-8-15-25(23)30;1-2-8-19(9-3-1)21-16-22(21)25-17-24(13-14-24)18-26-15-7-6-11-20-10-4-5-12-23(20)26;1-18(2,3)23-17(22)20(12-19(13-21)9-10-19)16-11-15(16)14-7-5-4-6-8-14;1-2-7-10-9(5-1)6-3-4-8-11-10/h4-8,11-13,15,24,26H,9-10,14,16-21H2,1-3H3;1-5,8-10,12,21-22,25H,6-7,11,13-18H2;4-8,13,15-16H,9-12H2,1-3H3;1-2,5,7,11H,3-4,6,8H2/t24-,26+;21-,22+;15-,16+;/m111./s1. The van der Waals surface area contributed by atoms with Gasteiger partial charge in [0.25, 0.3) is 0 Å². The van der Waals surface area contributed by atoms with E-state index in [0.717, 1.165) is 64.1 Å². The van der Waals surface area contributed by atoms with Gasteiger partial charge in [-0.15, -0.1) is 0 Å². The molecular formula is C82H106N6O5. The molecule has 0 bridgehead atoms. The van der Waals surface area contributed by atoms with Crippen LogP contribution in [0.5, 0.6) is 0 Å². The van der Waals surface area contributed by atoms with E-state index in [2.05, 4.69) is 171 Å². The molecule has 9 aliphatic rings. The highest BCUT2D eigenvalue weighted by molar-refractivity contribution is 5.72. The normalized spacial score (nSPS) is 23.6. The molecule has 2 N–H and O–H groups in total. The molecule has 11 nitrogen and oxygen atoms in total. The first-order valence-electron chi connectivity index (χ1n) is 35.8. The lowest BCUT2D eigenvalue weighted by Gasteiger charge is -2.34. The molecule has 0 saturated heterocycles. The summed E-state index contributed by atoms with van der Waals surface area (Å²) in [5.41, 5.74) is 12.2. The Labute approximate surface area is 556 Å². The van der Waals surface area contributed by atoms with Gasteiger partial charge in [-0.25, -0.2) is 9.59 Å². The molecule has 6 fully saturated rings. The van der Waals surface area contributed by atoms with Gasteiger partial charge >= 0.3 is 12.2 Å². The number of hydrogen-bond acceptors (Lipinski definition) is 9. The number of carbonyl (C=O) groups excluding carboxylic acids is 3. The summed E-state index contributed by atoms with van der Waals surface area (Å²) in [6, 6.07) is 59.6. The first-order valence-corrected chi connectivity index (χ1v) is 35.8. The number of rotatable bonds is 17. The van der Waals surface area contributed by atoms with Crippen LogP contribution in [0.25, 0.3) is 0 Å². The summed E-state index contributed by atoms with van der Waals surface area (Å²) in [4.78, 5) is 46.5. The van der Waals surface area contributed by atoms with Crippen molar-refractivity contribution >= 4 is 35.5 Å². The van der Waals surface area contributed by atoms with Gasteiger partial charge in [-0.1, -0.05) is 146 Å². The number of nitrogens with zero attached hydrogens (tertiary/aromatic N) is 4. The van der Waals surface area contributed by atoms with Crippen molar-refractivity contribution in [2.24, 2.45) is 16.2 Å². The number of amides is 2. The molecule has 2 amide bonds. The Morgan fingerprint density at radius 3 is 1.42 bits per heavy atom. The fourth-order valence-electron chi connectivity index (χ4n) is 14.8. The molecule has 6 aliphatic carbocycles. The van der Waals surface area contributed by atoms with E-state index >= 15 is 0 Å². The van der Waals surface area contributed by atoms with Crippen LogP contribution in [0.15, 0.2) is 164 Å². The van der Waals surface area contributed by atoms with Crippen molar-refractivity contribution < 1.29 is 23.9 Å². The summed E-state index contributed by atoms with van der Waals surface area (Å²) >= 11 is 0. The van der Waals surface area contributed by atoms with Crippen molar-refractivity contribution in [3.8, 4) is 0 Å². The van der Waals surface area contributed by atoms with Crippen LogP contribution in [-0.2, 0) is 33.5 Å². The number of aldehydes is 1. The average molecular weight is 1260 g/mol. The van der Waals surface area contributed by atoms with E-state index < -0.39 is 11.2 Å². The quantitative estimate of drug-likeness (QED) is 0.0864. The van der Waals surface area contributed by atoms with Crippen LogP contribution in [0.2, 0.25) is 0 Å². The number of anilines is 3. The Balaban J connectivity index is 0.000000125. The maximum Gasteiger partial charge on any atom is 0.410 e. The third-order valence-electron chi connectivity index (χ3n) is 21.0. The smallest absolute Gasteiger partial charge is 0.410 e. The van der Waals surface area contributed by atoms with E-state index in [0.29, 0.717) is 29.8 Å². The molecule has 15 rings (SSSR count). The van der Waals surface area contributed by atoms with Crippen molar-refractivity contribution in [2.45, 2.75) is 204 Å². The highest BCUT2D eigenvalue weighted by Crippen LogP contribution is 2.54. The average Bonchev–Trinajstić information content (AvgIpc) is 1.67. The Hall–Kier alpha value is -7.11. The Morgan fingerprint density at radius 1 is 0.505 bits per heavy atom. The van der Waals surface area contributed by atoms with Gasteiger partial charge in [0.05, 0.1) is 0 Å². The number of nitrogens with one attached hydrogen (secondary N) is 2. The van der Waals surface area contributed by atoms with E-state index in [1.165, 1.54) is 154 Å². The highest BCUT2D eigenvalue weighted by Gasteiger charge is 2.54. The summed E-state index contributed by atoms with van der Waals surface area (Å²) in [5.74, 6) is 1.52. The predicted molar refractivity (Wildman–Crippen MR) is 379 cm³/mol. The van der Waals surface area contributed by atoms with Crippen molar-refractivity contribution in [2.75, 3.05) is 67.5 Å². The van der Waals surface area contributed by atoms with Gasteiger partial charge in [0.1, 0.15) is 17.5 Å². The van der Waals surface area contributed by atoms with Crippen LogP contribution >= 0.6 is 0 Å².